The second-order valence-electron chi connectivity index (χ2n) is 7.90. The van der Waals surface area contributed by atoms with E-state index < -0.39 is 0 Å². The summed E-state index contributed by atoms with van der Waals surface area (Å²) < 4.78 is 0. The summed E-state index contributed by atoms with van der Waals surface area (Å²) >= 11 is 1.66. The van der Waals surface area contributed by atoms with E-state index in [4.69, 9.17) is 0 Å². The third-order valence-electron chi connectivity index (χ3n) is 5.80. The molecular formula is C23H31N3OS. The topological polar surface area (TPSA) is 35.6 Å². The van der Waals surface area contributed by atoms with E-state index in [-0.39, 0.29) is 5.91 Å². The van der Waals surface area contributed by atoms with Gasteiger partial charge in [0.2, 0.25) is 0 Å². The number of nitrogens with zero attached hydrogens (tertiary/aromatic N) is 2. The molecule has 1 N–H and O–H groups in total. The third-order valence-corrected chi connectivity index (χ3v) is 6.99. The van der Waals surface area contributed by atoms with Crippen LogP contribution >= 0.6 is 11.3 Å². The van der Waals surface area contributed by atoms with Crippen LogP contribution in [0.25, 0.3) is 11.1 Å². The van der Waals surface area contributed by atoms with Crippen LogP contribution in [-0.2, 0) is 0 Å². The minimum absolute atomic E-state index is 0.0758. The van der Waals surface area contributed by atoms with Crippen molar-refractivity contribution in [2.45, 2.75) is 38.5 Å². The first kappa shape index (κ1) is 19.5. The highest BCUT2D eigenvalue weighted by atomic mass is 32.1. The molecule has 2 aliphatic rings. The SMILES string of the molecule is O=C(NCCCN1CCCC1)c1cc(-c2ccccc2)c(N2CCCCC2)s1. The third kappa shape index (κ3) is 4.76. The number of thiophene rings is 1. The number of amides is 1. The Hall–Kier alpha value is -1.85. The van der Waals surface area contributed by atoms with Crippen molar-refractivity contribution in [3.63, 3.8) is 0 Å². The number of carbonyl (C=O) groups excluding carboxylic acids is 1. The van der Waals surface area contributed by atoms with Crippen molar-refractivity contribution >= 4 is 22.2 Å². The van der Waals surface area contributed by atoms with Crippen LogP contribution < -0.4 is 10.2 Å². The molecule has 150 valence electrons. The van der Waals surface area contributed by atoms with Crippen LogP contribution in [0.3, 0.4) is 0 Å². The zero-order valence-corrected chi connectivity index (χ0v) is 17.5. The van der Waals surface area contributed by atoms with Gasteiger partial charge in [0.15, 0.2) is 0 Å². The van der Waals surface area contributed by atoms with Gasteiger partial charge in [-0.05, 0) is 69.8 Å². The smallest absolute Gasteiger partial charge is 0.261 e. The highest BCUT2D eigenvalue weighted by Gasteiger charge is 2.21. The van der Waals surface area contributed by atoms with Gasteiger partial charge in [-0.15, -0.1) is 11.3 Å². The van der Waals surface area contributed by atoms with Crippen LogP contribution in [0.4, 0.5) is 5.00 Å². The van der Waals surface area contributed by atoms with Crippen LogP contribution in [0, 0.1) is 0 Å². The van der Waals surface area contributed by atoms with E-state index in [1.165, 1.54) is 61.3 Å². The molecule has 4 nitrogen and oxygen atoms in total. The van der Waals surface area contributed by atoms with Gasteiger partial charge in [0.1, 0.15) is 0 Å². The Balaban J connectivity index is 1.44. The highest BCUT2D eigenvalue weighted by molar-refractivity contribution is 7.18. The second kappa shape index (κ2) is 9.57. The van der Waals surface area contributed by atoms with E-state index in [1.807, 2.05) is 6.07 Å². The van der Waals surface area contributed by atoms with Gasteiger partial charge in [0.05, 0.1) is 9.88 Å². The predicted molar refractivity (Wildman–Crippen MR) is 118 cm³/mol. The van der Waals surface area contributed by atoms with Gasteiger partial charge in [-0.25, -0.2) is 0 Å². The number of hydrogen-bond donors (Lipinski definition) is 1. The Bertz CT molecular complexity index is 761. The number of carbonyl (C=O) groups is 1. The summed E-state index contributed by atoms with van der Waals surface area (Å²) in [5, 5.41) is 4.40. The Morgan fingerprint density at radius 1 is 0.964 bits per heavy atom. The molecule has 0 unspecified atom stereocenters. The number of hydrogen-bond acceptors (Lipinski definition) is 4. The minimum atomic E-state index is 0.0758. The van der Waals surface area contributed by atoms with E-state index in [1.54, 1.807) is 11.3 Å². The maximum Gasteiger partial charge on any atom is 0.261 e. The molecule has 0 bridgehead atoms. The Labute approximate surface area is 172 Å². The van der Waals surface area contributed by atoms with Gasteiger partial charge >= 0.3 is 0 Å². The molecule has 0 radical (unpaired) electrons. The normalized spacial score (nSPS) is 17.8. The van der Waals surface area contributed by atoms with Crippen molar-refractivity contribution in [2.24, 2.45) is 0 Å². The summed E-state index contributed by atoms with van der Waals surface area (Å²) in [6, 6.07) is 12.6. The number of rotatable bonds is 7. The molecule has 28 heavy (non-hydrogen) atoms. The Kier molecular flexibility index (Phi) is 6.65. The molecule has 4 rings (SSSR count). The quantitative estimate of drug-likeness (QED) is 0.693. The summed E-state index contributed by atoms with van der Waals surface area (Å²) in [5.41, 5.74) is 2.40. The van der Waals surface area contributed by atoms with Crippen LogP contribution in [-0.4, -0.2) is 50.1 Å². The molecule has 5 heteroatoms. The summed E-state index contributed by atoms with van der Waals surface area (Å²) in [4.78, 5) is 18.6. The van der Waals surface area contributed by atoms with E-state index in [2.05, 4.69) is 45.4 Å². The van der Waals surface area contributed by atoms with Gasteiger partial charge in [-0.3, -0.25) is 4.79 Å². The fraction of sp³-hybridized carbons (Fsp3) is 0.522. The van der Waals surface area contributed by atoms with Gasteiger partial charge < -0.3 is 15.1 Å². The number of piperidine rings is 1. The number of nitrogens with one attached hydrogen (secondary N) is 1. The second-order valence-corrected chi connectivity index (χ2v) is 8.93. The molecule has 2 saturated heterocycles. The van der Waals surface area contributed by atoms with Gasteiger partial charge in [-0.1, -0.05) is 30.3 Å². The molecule has 1 amide bonds. The van der Waals surface area contributed by atoms with Crippen molar-refractivity contribution in [1.82, 2.24) is 10.2 Å². The fourth-order valence-electron chi connectivity index (χ4n) is 4.25. The van der Waals surface area contributed by atoms with Crippen molar-refractivity contribution in [1.29, 1.82) is 0 Å². The highest BCUT2D eigenvalue weighted by Crippen LogP contribution is 2.40. The first-order chi connectivity index (χ1) is 13.8. The van der Waals surface area contributed by atoms with Crippen LogP contribution in [0.15, 0.2) is 36.4 Å². The maximum absolute atomic E-state index is 12.8. The predicted octanol–water partition coefficient (Wildman–Crippen LogP) is 4.62. The van der Waals surface area contributed by atoms with Crippen molar-refractivity contribution in [3.8, 4) is 11.1 Å². The summed E-state index contributed by atoms with van der Waals surface area (Å²) in [7, 11) is 0. The molecule has 0 saturated carbocycles. The summed E-state index contributed by atoms with van der Waals surface area (Å²) in [6.45, 7) is 6.48. The molecular weight excluding hydrogens is 366 g/mol. The average Bonchev–Trinajstić information content (AvgIpc) is 3.42. The number of likely N-dealkylation sites (tertiary alicyclic amines) is 1. The summed E-state index contributed by atoms with van der Waals surface area (Å²) in [6.07, 6.45) is 7.47. The first-order valence-electron chi connectivity index (χ1n) is 10.8. The largest absolute Gasteiger partial charge is 0.363 e. The van der Waals surface area contributed by atoms with Crippen LogP contribution in [0.1, 0.15) is 48.2 Å². The lowest BCUT2D eigenvalue weighted by atomic mass is 10.1. The minimum Gasteiger partial charge on any atom is -0.363 e. The fourth-order valence-corrected chi connectivity index (χ4v) is 5.40. The zero-order chi connectivity index (χ0) is 19.2. The molecule has 3 heterocycles. The van der Waals surface area contributed by atoms with Crippen LogP contribution in [0.5, 0.6) is 0 Å². The zero-order valence-electron chi connectivity index (χ0n) is 16.7. The lowest BCUT2D eigenvalue weighted by molar-refractivity contribution is 0.0956. The summed E-state index contributed by atoms with van der Waals surface area (Å²) in [5.74, 6) is 0.0758. The van der Waals surface area contributed by atoms with Crippen molar-refractivity contribution in [2.75, 3.05) is 44.2 Å². The molecule has 1 aromatic heterocycles. The number of anilines is 1. The van der Waals surface area contributed by atoms with Gasteiger partial charge in [-0.2, -0.15) is 0 Å². The van der Waals surface area contributed by atoms with E-state index in [0.29, 0.717) is 0 Å². The lowest BCUT2D eigenvalue weighted by Gasteiger charge is -2.28. The van der Waals surface area contributed by atoms with Gasteiger partial charge in [0, 0.05) is 25.2 Å². The molecule has 1 aromatic carbocycles. The Morgan fingerprint density at radius 2 is 1.68 bits per heavy atom. The standard InChI is InChI=1S/C23H31N3OS/c27-22(24-12-9-15-25-13-7-8-14-25)21-18-20(19-10-3-1-4-11-19)23(28-21)26-16-5-2-6-17-26/h1,3-4,10-11,18H,2,5-9,12-17H2,(H,24,27). The van der Waals surface area contributed by atoms with Crippen molar-refractivity contribution < 1.29 is 4.79 Å². The van der Waals surface area contributed by atoms with Gasteiger partial charge in [0.25, 0.3) is 5.91 Å². The lowest BCUT2D eigenvalue weighted by Crippen LogP contribution is -2.29. The maximum atomic E-state index is 12.8. The Morgan fingerprint density at radius 3 is 2.43 bits per heavy atom. The van der Waals surface area contributed by atoms with Crippen LogP contribution in [0.2, 0.25) is 0 Å². The van der Waals surface area contributed by atoms with E-state index in [9.17, 15) is 4.79 Å². The molecule has 2 aromatic rings. The monoisotopic (exact) mass is 397 g/mol. The average molecular weight is 398 g/mol. The van der Waals surface area contributed by atoms with E-state index in [0.717, 1.165) is 37.5 Å². The molecule has 0 spiro atoms. The van der Waals surface area contributed by atoms with Crippen molar-refractivity contribution in [3.05, 3.63) is 41.3 Å². The first-order valence-corrected chi connectivity index (χ1v) is 11.6. The molecule has 0 atom stereocenters. The number of benzene rings is 1. The molecule has 0 aliphatic carbocycles. The molecule has 2 aliphatic heterocycles. The van der Waals surface area contributed by atoms with E-state index >= 15 is 0 Å². The molecule has 2 fully saturated rings.